The van der Waals surface area contributed by atoms with Crippen molar-refractivity contribution in [2.75, 3.05) is 14.7 Å². The molecule has 0 saturated heterocycles. The molecule has 12 aromatic rings. The number of rotatable bonds is 18. The summed E-state index contributed by atoms with van der Waals surface area (Å²) in [7, 11) is 0. The van der Waals surface area contributed by atoms with E-state index in [1.807, 2.05) is 255 Å². The molecule has 0 heterocycles. The Morgan fingerprint density at radius 2 is 0.407 bits per heavy atom. The number of esters is 3. The van der Waals surface area contributed by atoms with Crippen molar-refractivity contribution in [3.63, 3.8) is 0 Å². The predicted molar refractivity (Wildman–Crippen MR) is 343 cm³/mol. The quantitative estimate of drug-likeness (QED) is 0.0473. The van der Waals surface area contributed by atoms with E-state index in [2.05, 4.69) is 21.6 Å². The number of hydrogen-bond acceptors (Lipinski definition) is 9. The molecule has 0 unspecified atom stereocenters. The third-order valence-corrected chi connectivity index (χ3v) is 15.1. The van der Waals surface area contributed by atoms with Gasteiger partial charge in [0, 0.05) is 56.6 Å². The molecular weight excluding hydrogens is 1060 g/mol. The van der Waals surface area contributed by atoms with Crippen LogP contribution in [0.1, 0.15) is 54.7 Å². The van der Waals surface area contributed by atoms with Crippen LogP contribution in [-0.4, -0.2) is 17.9 Å². The molecule has 12 rings (SSSR count). The van der Waals surface area contributed by atoms with Crippen molar-refractivity contribution in [2.45, 2.75) is 12.3 Å². The molecule has 9 heteroatoms. The van der Waals surface area contributed by atoms with Crippen molar-refractivity contribution in [3.8, 4) is 17.2 Å². The molecule has 12 aromatic carbocycles. The van der Waals surface area contributed by atoms with Gasteiger partial charge >= 0.3 is 17.9 Å². The summed E-state index contributed by atoms with van der Waals surface area (Å²) < 4.78 is 18.0. The largest absolute Gasteiger partial charge is 0.423 e. The second kappa shape index (κ2) is 25.3. The molecule has 0 spiro atoms. The van der Waals surface area contributed by atoms with Crippen LogP contribution < -0.4 is 28.9 Å². The smallest absolute Gasteiger partial charge is 0.343 e. The lowest BCUT2D eigenvalue weighted by Crippen LogP contribution is -2.25. The lowest BCUT2D eigenvalue weighted by molar-refractivity contribution is 0.0725. The topological polar surface area (TPSA) is 88.6 Å². The Morgan fingerprint density at radius 1 is 0.233 bits per heavy atom. The number of carbonyl (C=O) groups is 3. The van der Waals surface area contributed by atoms with Gasteiger partial charge in [0.05, 0.1) is 16.7 Å². The summed E-state index contributed by atoms with van der Waals surface area (Å²) in [5, 5.41) is 0. The summed E-state index contributed by atoms with van der Waals surface area (Å²) in [5.74, 6) is -0.390. The Balaban J connectivity index is 0.787. The van der Waals surface area contributed by atoms with Crippen LogP contribution in [0.5, 0.6) is 17.2 Å². The first kappa shape index (κ1) is 55.0. The molecule has 0 N–H and O–H groups in total. The first-order chi connectivity index (χ1) is 42.2. The van der Waals surface area contributed by atoms with Crippen LogP contribution in [-0.2, 0) is 5.41 Å². The Morgan fingerprint density at radius 3 is 0.593 bits per heavy atom. The Labute approximate surface area is 500 Å². The maximum atomic E-state index is 13.7. The van der Waals surface area contributed by atoms with Crippen molar-refractivity contribution >= 4 is 69.1 Å². The van der Waals surface area contributed by atoms with Gasteiger partial charge in [0.25, 0.3) is 0 Å². The number of benzene rings is 12. The van der Waals surface area contributed by atoms with Crippen molar-refractivity contribution in [2.24, 2.45) is 0 Å². The van der Waals surface area contributed by atoms with Crippen LogP contribution in [0.4, 0.5) is 51.2 Å². The molecule has 9 nitrogen and oxygen atoms in total. The molecule has 0 aliphatic rings. The Bertz CT molecular complexity index is 3640. The molecule has 0 amide bonds. The minimum absolute atomic E-state index is 0.367. The van der Waals surface area contributed by atoms with Crippen LogP contribution >= 0.6 is 0 Å². The Kier molecular flexibility index (Phi) is 16.2. The number of para-hydroxylation sites is 6. The summed E-state index contributed by atoms with van der Waals surface area (Å²) in [4.78, 5) is 47.6. The predicted octanol–water partition coefficient (Wildman–Crippen LogP) is 19.1. The van der Waals surface area contributed by atoms with Gasteiger partial charge in [-0.25, -0.2) is 14.4 Å². The monoisotopic (exact) mass is 1120 g/mol. The third kappa shape index (κ3) is 12.2. The van der Waals surface area contributed by atoms with E-state index in [-0.39, 0.29) is 0 Å². The molecule has 0 radical (unpaired) electrons. The zero-order valence-electron chi connectivity index (χ0n) is 47.0. The van der Waals surface area contributed by atoms with E-state index in [0.717, 1.165) is 67.9 Å². The van der Waals surface area contributed by atoms with Crippen molar-refractivity contribution in [1.82, 2.24) is 0 Å². The molecule has 0 aliphatic heterocycles. The minimum Gasteiger partial charge on any atom is -0.423 e. The van der Waals surface area contributed by atoms with E-state index in [4.69, 9.17) is 14.2 Å². The fraction of sp³-hybridized carbons (Fsp3) is 0.0260. The summed E-state index contributed by atoms with van der Waals surface area (Å²) >= 11 is 0. The van der Waals surface area contributed by atoms with E-state index in [1.165, 1.54) is 0 Å². The second-order valence-corrected chi connectivity index (χ2v) is 20.5. The number of nitrogens with zero attached hydrogens (tertiary/aromatic N) is 3. The molecule has 0 saturated carbocycles. The van der Waals surface area contributed by atoms with Crippen molar-refractivity contribution in [1.29, 1.82) is 0 Å². The first-order valence-electron chi connectivity index (χ1n) is 28.2. The average Bonchev–Trinajstić information content (AvgIpc) is 1.57. The maximum Gasteiger partial charge on any atom is 0.343 e. The summed E-state index contributed by atoms with van der Waals surface area (Å²) in [5.41, 5.74) is 11.6. The van der Waals surface area contributed by atoms with Crippen LogP contribution in [0.25, 0.3) is 0 Å². The SMILES string of the molecule is CC(c1ccc(OC(=O)c2ccc(N(c3ccccc3)c3ccccc3)cc2)cc1)(c1ccc(OC(=O)c2ccc(N(c3ccccc3)c3ccccc3)cc2)cc1)c1ccc(OC(=O)c2ccc(N(c3ccccc3)c3ccccc3)cc2)cc1. The first-order valence-corrected chi connectivity index (χ1v) is 28.2. The fourth-order valence-electron chi connectivity index (χ4n) is 10.6. The highest BCUT2D eigenvalue weighted by molar-refractivity contribution is 5.94. The molecule has 416 valence electrons. The van der Waals surface area contributed by atoms with E-state index >= 15 is 0 Å². The van der Waals surface area contributed by atoms with E-state index in [9.17, 15) is 14.4 Å². The van der Waals surface area contributed by atoms with Gasteiger partial charge in [-0.2, -0.15) is 0 Å². The summed E-state index contributed by atoms with van der Waals surface area (Å²) in [6.45, 7) is 2.09. The molecule has 86 heavy (non-hydrogen) atoms. The lowest BCUT2D eigenvalue weighted by atomic mass is 9.71. The molecule has 0 aromatic heterocycles. The van der Waals surface area contributed by atoms with Gasteiger partial charge in [-0.1, -0.05) is 146 Å². The summed E-state index contributed by atoms with van der Waals surface area (Å²) in [6.07, 6.45) is 0. The number of carbonyl (C=O) groups excluding carboxylic acids is 3. The maximum absolute atomic E-state index is 13.7. The van der Waals surface area contributed by atoms with Gasteiger partial charge in [0.2, 0.25) is 0 Å². The van der Waals surface area contributed by atoms with Crippen LogP contribution in [0.3, 0.4) is 0 Å². The zero-order chi connectivity index (χ0) is 58.7. The van der Waals surface area contributed by atoms with Crippen molar-refractivity contribution < 1.29 is 28.6 Å². The second-order valence-electron chi connectivity index (χ2n) is 20.5. The highest BCUT2D eigenvalue weighted by Gasteiger charge is 2.32. The zero-order valence-corrected chi connectivity index (χ0v) is 47.0. The lowest BCUT2D eigenvalue weighted by Gasteiger charge is -2.32. The molecule has 0 atom stereocenters. The van der Waals surface area contributed by atoms with Gasteiger partial charge in [0.1, 0.15) is 17.2 Å². The van der Waals surface area contributed by atoms with Gasteiger partial charge < -0.3 is 28.9 Å². The van der Waals surface area contributed by atoms with E-state index in [0.29, 0.717) is 33.9 Å². The number of hydrogen-bond donors (Lipinski definition) is 0. The molecule has 0 aliphatic carbocycles. The Hall–Kier alpha value is -11.6. The minimum atomic E-state index is -0.828. The van der Waals surface area contributed by atoms with Crippen LogP contribution in [0.2, 0.25) is 0 Å². The average molecular weight is 1120 g/mol. The van der Waals surface area contributed by atoms with Gasteiger partial charge in [-0.3, -0.25) is 0 Å². The van der Waals surface area contributed by atoms with Crippen LogP contribution in [0.15, 0.2) is 328 Å². The van der Waals surface area contributed by atoms with Gasteiger partial charge in [0.15, 0.2) is 0 Å². The normalized spacial score (nSPS) is 11.0. The fourth-order valence-corrected chi connectivity index (χ4v) is 10.6. The standard InChI is InChI=1S/C77H57N3O6/c1-77(59-38-50-71(51-39-59)84-74(81)56-32-44-68(45-33-56)78(62-20-8-2-9-21-62)63-22-10-3-11-23-63,60-40-52-72(53-41-60)85-75(82)57-34-46-69(47-35-57)79(64-24-12-4-13-25-64)65-26-14-5-15-27-65)61-42-54-73(55-43-61)86-76(83)58-36-48-70(49-37-58)80(66-28-16-6-17-29-66)67-30-18-7-19-31-67/h2-55H,1H3. The van der Waals surface area contributed by atoms with Gasteiger partial charge in [-0.15, -0.1) is 0 Å². The van der Waals surface area contributed by atoms with Gasteiger partial charge in [-0.05, 0) is 206 Å². The van der Waals surface area contributed by atoms with E-state index < -0.39 is 23.3 Å². The molecule has 0 fully saturated rings. The number of ether oxygens (including phenoxy) is 3. The molecular formula is C77H57N3O6. The number of anilines is 9. The summed E-state index contributed by atoms with van der Waals surface area (Å²) in [6, 6.07) is 105. The highest BCUT2D eigenvalue weighted by Crippen LogP contribution is 2.42. The van der Waals surface area contributed by atoms with Crippen LogP contribution in [0, 0.1) is 0 Å². The molecule has 0 bridgehead atoms. The highest BCUT2D eigenvalue weighted by atomic mass is 16.5. The van der Waals surface area contributed by atoms with E-state index in [1.54, 1.807) is 72.8 Å². The van der Waals surface area contributed by atoms with Crippen molar-refractivity contribution in [3.05, 3.63) is 361 Å². The third-order valence-electron chi connectivity index (χ3n) is 15.1.